The normalized spacial score (nSPS) is 55.3. The second-order valence-electron chi connectivity index (χ2n) is 33.3. The molecule has 5 aliphatic carbocycles. The monoisotopic (exact) mass is 1500 g/mol. The van der Waals surface area contributed by atoms with E-state index in [2.05, 4.69) is 40.7 Å². The summed E-state index contributed by atoms with van der Waals surface area (Å²) < 4.78 is 83.7. The van der Waals surface area contributed by atoms with Gasteiger partial charge in [-0.2, -0.15) is 0 Å². The summed E-state index contributed by atoms with van der Waals surface area (Å²) in [6.07, 6.45) is -47.8. The SMILES string of the molecule is C[C@@H]1O[C@@H](O[C@H]2[C@H](OC(=O)[C@]34CCC(C)(C)CC3C3=CCC5[C@@]6(C)C[C@H](O)[C@H](O[C@@H]7O[C@H](CO)[C@@H](O)[C@H](O)[C@H]7O)[C@@](C)(CO)C6CC[C@@]5(C)[C@]3(C)C[C@H]4O)OC[C@H](O)[C@@H]2O)[C@H](O)[C@H](O[C@@H]2OC[C@](O)(CO)[C@H]2O)[C@H]1O[C@@H]1OC[C@@H](O)[C@H](O[C@@H]2OC[C@](O)(CO)[C@H]2O[C@@H]2O[C@H](CO)[C@H](O)[C@H](O)[C@H]2O)[C@H]1O. The molecule has 0 aromatic heterocycles. The molecule has 104 heavy (non-hydrogen) atoms. The first-order chi connectivity index (χ1) is 48.8. The summed E-state index contributed by atoms with van der Waals surface area (Å²) in [4.78, 5) is 15.8. The van der Waals surface area contributed by atoms with Crippen LogP contribution in [0.2, 0.25) is 0 Å². The smallest absolute Gasteiger partial charge is 0.317 e. The van der Waals surface area contributed by atoms with Crippen molar-refractivity contribution in [1.29, 1.82) is 0 Å². The molecular formula is C68H110O36. The van der Waals surface area contributed by atoms with E-state index in [-0.39, 0.29) is 31.1 Å². The summed E-state index contributed by atoms with van der Waals surface area (Å²) >= 11 is 0. The Kier molecular flexibility index (Phi) is 23.5. The van der Waals surface area contributed by atoms with Crippen molar-refractivity contribution in [3.8, 4) is 0 Å². The predicted molar refractivity (Wildman–Crippen MR) is 340 cm³/mol. The molecule has 0 bridgehead atoms. The molecule has 0 amide bonds. The lowest BCUT2D eigenvalue weighted by atomic mass is 9.33. The summed E-state index contributed by atoms with van der Waals surface area (Å²) in [6.45, 7) is 6.87. The molecule has 40 atom stereocenters. The van der Waals surface area contributed by atoms with E-state index in [9.17, 15) is 107 Å². The quantitative estimate of drug-likeness (QED) is 0.0324. The van der Waals surface area contributed by atoms with Crippen LogP contribution in [0.15, 0.2) is 11.6 Å². The predicted octanol–water partition coefficient (Wildman–Crippen LogP) is -8.06. The Morgan fingerprint density at radius 2 is 1.04 bits per heavy atom. The van der Waals surface area contributed by atoms with E-state index < -0.39 is 299 Å². The molecule has 0 spiro atoms. The second-order valence-corrected chi connectivity index (χ2v) is 33.3. The van der Waals surface area contributed by atoms with Gasteiger partial charge < -0.3 is 174 Å². The van der Waals surface area contributed by atoms with E-state index in [0.717, 1.165) is 5.57 Å². The van der Waals surface area contributed by atoms with Gasteiger partial charge in [-0.15, -0.1) is 0 Å². The molecule has 4 saturated carbocycles. The number of allylic oxidation sites excluding steroid dienone is 2. The first kappa shape index (κ1) is 81.3. The number of esters is 1. The molecule has 0 aromatic rings. The zero-order valence-corrected chi connectivity index (χ0v) is 59.2. The highest BCUT2D eigenvalue weighted by Gasteiger charge is 2.74. The zero-order valence-electron chi connectivity index (χ0n) is 59.2. The van der Waals surface area contributed by atoms with Crippen molar-refractivity contribution in [2.75, 3.05) is 59.5 Å². The minimum atomic E-state index is -2.34. The lowest BCUT2D eigenvalue weighted by Crippen LogP contribution is -2.70. The Balaban J connectivity index is 0.781. The van der Waals surface area contributed by atoms with E-state index in [4.69, 9.17) is 66.3 Å². The Morgan fingerprint density at radius 3 is 1.64 bits per heavy atom. The van der Waals surface area contributed by atoms with E-state index in [1.165, 1.54) is 6.92 Å². The van der Waals surface area contributed by atoms with Gasteiger partial charge in [0.2, 0.25) is 6.29 Å². The van der Waals surface area contributed by atoms with Gasteiger partial charge in [0, 0.05) is 5.41 Å². The fourth-order valence-electron chi connectivity index (χ4n) is 20.1. The topological polar surface area (TPSA) is 571 Å². The largest absolute Gasteiger partial charge is 0.432 e. The molecule has 7 heterocycles. The van der Waals surface area contributed by atoms with Crippen LogP contribution in [0.25, 0.3) is 0 Å². The van der Waals surface area contributed by atoms with Crippen LogP contribution < -0.4 is 0 Å². The summed E-state index contributed by atoms with van der Waals surface area (Å²) in [5.41, 5.74) is -9.11. The maximum absolute atomic E-state index is 15.8. The molecular weight excluding hydrogens is 1390 g/mol. The Bertz CT molecular complexity index is 2990. The van der Waals surface area contributed by atoms with Crippen LogP contribution in [0.3, 0.4) is 0 Å². The minimum absolute atomic E-state index is 0.0544. The molecule has 0 radical (unpaired) electrons. The van der Waals surface area contributed by atoms with Gasteiger partial charge in [-0.3, -0.25) is 4.79 Å². The lowest BCUT2D eigenvalue weighted by Gasteiger charge is -2.72. The van der Waals surface area contributed by atoms with Crippen LogP contribution in [0.4, 0.5) is 0 Å². The van der Waals surface area contributed by atoms with Crippen LogP contribution in [0, 0.1) is 50.2 Å². The maximum Gasteiger partial charge on any atom is 0.317 e. The number of carbonyl (C=O) groups is 1. The minimum Gasteiger partial charge on any atom is -0.432 e. The highest BCUT2D eigenvalue weighted by atomic mass is 16.8. The molecule has 598 valence electrons. The highest BCUT2D eigenvalue weighted by Crippen LogP contribution is 2.76. The number of aliphatic hydroxyl groups excluding tert-OH is 19. The molecule has 36 heteroatoms. The van der Waals surface area contributed by atoms with E-state index in [1.807, 2.05) is 0 Å². The molecule has 21 N–H and O–H groups in total. The zero-order chi connectivity index (χ0) is 75.8. The van der Waals surface area contributed by atoms with Gasteiger partial charge in [-0.1, -0.05) is 53.2 Å². The van der Waals surface area contributed by atoms with Gasteiger partial charge in [0.25, 0.3) is 0 Å². The van der Waals surface area contributed by atoms with Gasteiger partial charge >= 0.3 is 5.97 Å². The Labute approximate surface area is 599 Å². The van der Waals surface area contributed by atoms with E-state index in [0.29, 0.717) is 32.1 Å². The van der Waals surface area contributed by atoms with Crippen LogP contribution in [-0.2, 0) is 71.1 Å². The third-order valence-electron chi connectivity index (χ3n) is 26.5. The van der Waals surface area contributed by atoms with Crippen LogP contribution in [0.5, 0.6) is 0 Å². The van der Waals surface area contributed by atoms with Crippen LogP contribution in [-0.4, -0.2) is 368 Å². The average Bonchev–Trinajstić information content (AvgIpc) is 0.777. The summed E-state index contributed by atoms with van der Waals surface area (Å²) in [7, 11) is 0. The maximum atomic E-state index is 15.8. The number of hydrogen-bond donors (Lipinski definition) is 21. The number of carbonyl (C=O) groups excluding carboxylic acids is 1. The van der Waals surface area contributed by atoms with E-state index in [1.54, 1.807) is 6.92 Å². The van der Waals surface area contributed by atoms with Crippen molar-refractivity contribution < 1.29 is 178 Å². The highest BCUT2D eigenvalue weighted by molar-refractivity contribution is 5.80. The van der Waals surface area contributed by atoms with Crippen LogP contribution in [0.1, 0.15) is 99.8 Å². The molecule has 7 aliphatic heterocycles. The van der Waals surface area contributed by atoms with Gasteiger partial charge in [0.15, 0.2) is 43.8 Å². The van der Waals surface area contributed by atoms with Gasteiger partial charge in [0.1, 0.15) is 126 Å². The molecule has 36 nitrogen and oxygen atoms in total. The molecule has 3 unspecified atom stereocenters. The van der Waals surface area contributed by atoms with Crippen molar-refractivity contribution in [2.45, 2.75) is 295 Å². The number of ether oxygens (including phenoxy) is 14. The van der Waals surface area contributed by atoms with Crippen molar-refractivity contribution in [3.05, 3.63) is 11.6 Å². The van der Waals surface area contributed by atoms with Crippen molar-refractivity contribution in [3.63, 3.8) is 0 Å². The molecule has 7 saturated heterocycles. The molecule has 12 rings (SSSR count). The first-order valence-electron chi connectivity index (χ1n) is 36.1. The van der Waals surface area contributed by atoms with Gasteiger partial charge in [-0.25, -0.2) is 0 Å². The van der Waals surface area contributed by atoms with Gasteiger partial charge in [-0.05, 0) is 97.7 Å². The molecule has 11 fully saturated rings. The van der Waals surface area contributed by atoms with E-state index >= 15 is 4.79 Å². The second kappa shape index (κ2) is 30.1. The average molecular weight is 1500 g/mol. The number of rotatable bonds is 19. The van der Waals surface area contributed by atoms with Crippen LogP contribution >= 0.6 is 0 Å². The lowest BCUT2D eigenvalue weighted by molar-refractivity contribution is -0.385. The Morgan fingerprint density at radius 1 is 0.490 bits per heavy atom. The fourth-order valence-corrected chi connectivity index (χ4v) is 20.1. The first-order valence-corrected chi connectivity index (χ1v) is 36.1. The summed E-state index contributed by atoms with van der Waals surface area (Å²) in [5.74, 6) is -2.12. The summed E-state index contributed by atoms with van der Waals surface area (Å²) in [6, 6.07) is 0. The van der Waals surface area contributed by atoms with Crippen molar-refractivity contribution >= 4 is 5.97 Å². The third kappa shape index (κ3) is 13.5. The fraction of sp³-hybridized carbons (Fsp3) is 0.956. The van der Waals surface area contributed by atoms with Crippen molar-refractivity contribution in [1.82, 2.24) is 0 Å². The third-order valence-corrected chi connectivity index (χ3v) is 26.5. The number of aliphatic hydroxyl groups is 21. The summed E-state index contributed by atoms with van der Waals surface area (Å²) in [5, 5.41) is 234. The number of fused-ring (bicyclic) bond motifs is 7. The van der Waals surface area contributed by atoms with Crippen molar-refractivity contribution in [2.24, 2.45) is 50.2 Å². The molecule has 12 aliphatic rings. The van der Waals surface area contributed by atoms with Gasteiger partial charge in [0.05, 0.1) is 83.9 Å². The number of hydrogen-bond acceptors (Lipinski definition) is 36. The standard InChI is InChI=1S/C68H110O36/c1-26-46(98-53-44(85)47(31(76)20-91-53)99-59-52(67(90,23-73)25-94-59)103-55-43(84)41(82)39(80)33(18-70)97-55)48(100-58-50(87)66(89,22-72)24-93-58)45(86)56(95-26)101-49-37(78)30(75)19-92-57(49)104-60(88)68-13-12-61(2,3)14-28(68)27-8-9-35-62(4)15-29(74)51(102-54-42(83)40(81)38(79)32(17-69)96-54)63(5,21-71)34(62)10-11-64(35,6)65(27,7)16-36(68)77/h8,26,28-59,69-87,89-90H,9-25H2,1-7H3/t26-,28?,29-,30-,31+,32+,33+,34?,35?,36+,37-,38+,39-,40-,41-,42+,43+,44+,45+,46-,47-,48-,49+,50-,51-,52-,53-,54-,55-,56-,57-,58-,59-,62-,63-,64+,65+,66+,67+,68+/m0/s1. The molecule has 0 aromatic carbocycles. The Hall–Kier alpha value is -2.15.